The number of hydrogen-bond acceptors (Lipinski definition) is 3. The highest BCUT2D eigenvalue weighted by Gasteiger charge is 2.13. The zero-order valence-electron chi connectivity index (χ0n) is 10.5. The summed E-state index contributed by atoms with van der Waals surface area (Å²) in [6.45, 7) is 5.35. The molecule has 1 aliphatic rings. The van der Waals surface area contributed by atoms with E-state index in [0.29, 0.717) is 15.8 Å². The second kappa shape index (κ2) is 6.62. The smallest absolute Gasteiger partial charge is 0.138 e. The van der Waals surface area contributed by atoms with E-state index in [-0.39, 0.29) is 0 Å². The van der Waals surface area contributed by atoms with Crippen LogP contribution in [0.15, 0.2) is 12.1 Å². The highest BCUT2D eigenvalue weighted by molar-refractivity contribution is 6.43. The van der Waals surface area contributed by atoms with Crippen LogP contribution < -0.4 is 10.1 Å². The number of ether oxygens (including phenoxy) is 1. The van der Waals surface area contributed by atoms with Crippen molar-refractivity contribution in [3.05, 3.63) is 27.7 Å². The van der Waals surface area contributed by atoms with Crippen LogP contribution in [0.5, 0.6) is 5.75 Å². The van der Waals surface area contributed by atoms with Gasteiger partial charge in [0, 0.05) is 32.7 Å². The Bertz CT molecular complexity index is 406. The normalized spacial score (nSPS) is 16.8. The Morgan fingerprint density at radius 3 is 2.61 bits per heavy atom. The van der Waals surface area contributed by atoms with Gasteiger partial charge in [-0.25, -0.2) is 0 Å². The molecule has 3 nitrogen and oxygen atoms in total. The maximum absolute atomic E-state index is 6.25. The van der Waals surface area contributed by atoms with Gasteiger partial charge in [0.2, 0.25) is 0 Å². The molecule has 1 heterocycles. The van der Waals surface area contributed by atoms with Crippen LogP contribution in [-0.2, 0) is 6.42 Å². The van der Waals surface area contributed by atoms with Gasteiger partial charge in [-0.2, -0.15) is 0 Å². The number of halogens is 2. The van der Waals surface area contributed by atoms with Crippen molar-refractivity contribution in [2.45, 2.75) is 6.42 Å². The first-order valence-corrected chi connectivity index (χ1v) is 6.92. The Morgan fingerprint density at radius 1 is 1.22 bits per heavy atom. The van der Waals surface area contributed by atoms with Gasteiger partial charge in [0.05, 0.1) is 12.1 Å². The summed E-state index contributed by atoms with van der Waals surface area (Å²) in [6, 6.07) is 3.87. The van der Waals surface area contributed by atoms with Gasteiger partial charge >= 0.3 is 0 Å². The number of benzene rings is 1. The first-order valence-electron chi connectivity index (χ1n) is 6.16. The minimum Gasteiger partial charge on any atom is -0.495 e. The fraction of sp³-hybridized carbons (Fsp3) is 0.538. The van der Waals surface area contributed by atoms with Crippen molar-refractivity contribution in [3.8, 4) is 5.75 Å². The second-order valence-electron chi connectivity index (χ2n) is 4.40. The lowest BCUT2D eigenvalue weighted by Crippen LogP contribution is -2.44. The van der Waals surface area contributed by atoms with Crippen molar-refractivity contribution in [2.75, 3.05) is 39.8 Å². The first-order chi connectivity index (χ1) is 8.72. The Kier molecular flexibility index (Phi) is 5.13. The van der Waals surface area contributed by atoms with E-state index in [1.807, 2.05) is 12.1 Å². The van der Waals surface area contributed by atoms with E-state index in [0.717, 1.165) is 44.7 Å². The van der Waals surface area contributed by atoms with Crippen LogP contribution in [0.25, 0.3) is 0 Å². The maximum atomic E-state index is 6.25. The molecule has 0 aliphatic carbocycles. The van der Waals surface area contributed by atoms with Crippen molar-refractivity contribution in [2.24, 2.45) is 0 Å². The Balaban J connectivity index is 1.98. The summed E-state index contributed by atoms with van der Waals surface area (Å²) >= 11 is 12.4. The van der Waals surface area contributed by atoms with Crippen molar-refractivity contribution < 1.29 is 4.74 Å². The molecule has 0 spiro atoms. The van der Waals surface area contributed by atoms with Gasteiger partial charge in [0.1, 0.15) is 10.8 Å². The quantitative estimate of drug-likeness (QED) is 0.921. The lowest BCUT2D eigenvalue weighted by Gasteiger charge is -2.27. The van der Waals surface area contributed by atoms with Gasteiger partial charge in [-0.05, 0) is 18.1 Å². The number of nitrogens with one attached hydrogen (secondary N) is 1. The predicted molar refractivity (Wildman–Crippen MR) is 76.0 cm³/mol. The van der Waals surface area contributed by atoms with E-state index in [4.69, 9.17) is 27.9 Å². The van der Waals surface area contributed by atoms with Crippen LogP contribution in [0.4, 0.5) is 0 Å². The lowest BCUT2D eigenvalue weighted by atomic mass is 10.1. The summed E-state index contributed by atoms with van der Waals surface area (Å²) in [6.07, 6.45) is 0.919. The molecule has 1 N–H and O–H groups in total. The van der Waals surface area contributed by atoms with Crippen LogP contribution in [-0.4, -0.2) is 44.7 Å². The molecule has 1 aromatic rings. The average molecular weight is 289 g/mol. The Hall–Kier alpha value is -0.480. The molecule has 2 rings (SSSR count). The van der Waals surface area contributed by atoms with Gasteiger partial charge in [-0.15, -0.1) is 0 Å². The topological polar surface area (TPSA) is 24.5 Å². The van der Waals surface area contributed by atoms with Crippen LogP contribution in [0, 0.1) is 0 Å². The molecule has 5 heteroatoms. The van der Waals surface area contributed by atoms with Gasteiger partial charge in [0.25, 0.3) is 0 Å². The van der Waals surface area contributed by atoms with Crippen LogP contribution in [0.1, 0.15) is 5.56 Å². The van der Waals surface area contributed by atoms with Crippen molar-refractivity contribution in [1.29, 1.82) is 0 Å². The van der Waals surface area contributed by atoms with Gasteiger partial charge in [-0.3, -0.25) is 0 Å². The zero-order valence-corrected chi connectivity index (χ0v) is 12.0. The zero-order chi connectivity index (χ0) is 13.0. The van der Waals surface area contributed by atoms with E-state index in [1.54, 1.807) is 7.11 Å². The number of rotatable bonds is 4. The van der Waals surface area contributed by atoms with Crippen molar-refractivity contribution >= 4 is 23.2 Å². The molecule has 1 saturated heterocycles. The van der Waals surface area contributed by atoms with E-state index in [9.17, 15) is 0 Å². The minimum absolute atomic E-state index is 0.511. The van der Waals surface area contributed by atoms with Gasteiger partial charge in [-0.1, -0.05) is 29.3 Å². The molecule has 1 fully saturated rings. The summed E-state index contributed by atoms with van der Waals surface area (Å²) < 4.78 is 5.14. The molecule has 0 saturated carbocycles. The summed E-state index contributed by atoms with van der Waals surface area (Å²) in [7, 11) is 1.60. The summed E-state index contributed by atoms with van der Waals surface area (Å²) in [4.78, 5) is 2.44. The standard InChI is InChI=1S/C13H18Cl2N2O/c1-18-11-3-2-10(12(14)13(11)15)4-7-17-8-5-16-6-9-17/h2-3,16H,4-9H2,1H3. The summed E-state index contributed by atoms with van der Waals surface area (Å²) in [5, 5.41) is 4.47. The molecule has 1 aromatic carbocycles. The fourth-order valence-electron chi connectivity index (χ4n) is 2.14. The van der Waals surface area contributed by atoms with E-state index in [1.165, 1.54) is 0 Å². The third kappa shape index (κ3) is 3.29. The van der Waals surface area contributed by atoms with Crippen LogP contribution in [0.3, 0.4) is 0 Å². The molecule has 0 atom stereocenters. The molecular weight excluding hydrogens is 271 g/mol. The van der Waals surface area contributed by atoms with Crippen LogP contribution >= 0.6 is 23.2 Å². The molecule has 0 radical (unpaired) electrons. The molecule has 18 heavy (non-hydrogen) atoms. The lowest BCUT2D eigenvalue weighted by molar-refractivity contribution is 0.244. The second-order valence-corrected chi connectivity index (χ2v) is 5.15. The molecule has 100 valence electrons. The largest absolute Gasteiger partial charge is 0.495 e. The minimum atomic E-state index is 0.511. The molecule has 0 unspecified atom stereocenters. The monoisotopic (exact) mass is 288 g/mol. The molecular formula is C13H18Cl2N2O. The predicted octanol–water partition coefficient (Wildman–Crippen LogP) is 2.45. The fourth-order valence-corrected chi connectivity index (χ4v) is 2.65. The number of methoxy groups -OCH3 is 1. The van der Waals surface area contributed by atoms with Crippen LogP contribution in [0.2, 0.25) is 10.0 Å². The molecule has 0 aromatic heterocycles. The number of hydrogen-bond donors (Lipinski definition) is 1. The molecule has 0 amide bonds. The third-order valence-corrected chi connectivity index (χ3v) is 4.16. The maximum Gasteiger partial charge on any atom is 0.138 e. The SMILES string of the molecule is COc1ccc(CCN2CCNCC2)c(Cl)c1Cl. The molecule has 0 bridgehead atoms. The summed E-state index contributed by atoms with van der Waals surface area (Å²) in [5.41, 5.74) is 1.08. The van der Waals surface area contributed by atoms with E-state index in [2.05, 4.69) is 10.2 Å². The first kappa shape index (κ1) is 13.9. The summed E-state index contributed by atoms with van der Waals surface area (Å²) in [5.74, 6) is 0.632. The number of nitrogens with zero attached hydrogens (tertiary/aromatic N) is 1. The Labute approximate surface area is 118 Å². The molecule has 1 aliphatic heterocycles. The van der Waals surface area contributed by atoms with Crippen molar-refractivity contribution in [1.82, 2.24) is 10.2 Å². The van der Waals surface area contributed by atoms with Gasteiger partial charge < -0.3 is 15.0 Å². The third-order valence-electron chi connectivity index (χ3n) is 3.25. The van der Waals surface area contributed by atoms with Crippen molar-refractivity contribution in [3.63, 3.8) is 0 Å². The average Bonchev–Trinajstić information content (AvgIpc) is 2.42. The van der Waals surface area contributed by atoms with Gasteiger partial charge in [0.15, 0.2) is 0 Å². The number of piperazine rings is 1. The highest BCUT2D eigenvalue weighted by Crippen LogP contribution is 2.34. The van der Waals surface area contributed by atoms with E-state index < -0.39 is 0 Å². The van der Waals surface area contributed by atoms with E-state index >= 15 is 0 Å². The highest BCUT2D eigenvalue weighted by atomic mass is 35.5. The Morgan fingerprint density at radius 2 is 1.94 bits per heavy atom.